The molecule has 122 valence electrons. The molecule has 3 aromatic rings. The molecule has 4 rings (SSSR count). The van der Waals surface area contributed by atoms with Crippen molar-refractivity contribution < 1.29 is 4.79 Å². The van der Waals surface area contributed by atoms with Crippen LogP contribution in [0.1, 0.15) is 24.0 Å². The number of H-pyrrole nitrogens is 1. The Hall–Kier alpha value is -2.26. The Morgan fingerprint density at radius 3 is 2.71 bits per heavy atom. The summed E-state index contributed by atoms with van der Waals surface area (Å²) in [7, 11) is 0. The summed E-state index contributed by atoms with van der Waals surface area (Å²) >= 11 is 6.13. The van der Waals surface area contributed by atoms with E-state index in [2.05, 4.69) is 22.4 Å². The molecular weight excluding hydrogens is 320 g/mol. The van der Waals surface area contributed by atoms with Gasteiger partial charge in [0.25, 0.3) is 0 Å². The molecule has 1 aromatic heterocycles. The number of halogens is 1. The molecule has 0 saturated heterocycles. The Bertz CT molecular complexity index is 881. The van der Waals surface area contributed by atoms with Crippen LogP contribution in [0.5, 0.6) is 0 Å². The monoisotopic (exact) mass is 338 g/mol. The van der Waals surface area contributed by atoms with Gasteiger partial charge in [0.2, 0.25) is 5.91 Å². The largest absolute Gasteiger partial charge is 0.361 e. The van der Waals surface area contributed by atoms with Gasteiger partial charge < -0.3 is 10.3 Å². The number of aromatic nitrogens is 1. The van der Waals surface area contributed by atoms with Gasteiger partial charge in [0.1, 0.15) is 0 Å². The van der Waals surface area contributed by atoms with E-state index in [1.165, 1.54) is 5.56 Å². The topological polar surface area (TPSA) is 44.9 Å². The van der Waals surface area contributed by atoms with Crippen LogP contribution in [0, 0.1) is 0 Å². The van der Waals surface area contributed by atoms with Gasteiger partial charge in [-0.15, -0.1) is 0 Å². The van der Waals surface area contributed by atoms with Gasteiger partial charge in [0, 0.05) is 28.7 Å². The quantitative estimate of drug-likeness (QED) is 0.719. The van der Waals surface area contributed by atoms with Gasteiger partial charge in [0.05, 0.1) is 5.41 Å². The molecule has 0 bridgehead atoms. The van der Waals surface area contributed by atoms with Gasteiger partial charge >= 0.3 is 0 Å². The number of nitrogens with one attached hydrogen (secondary N) is 2. The first kappa shape index (κ1) is 15.3. The highest BCUT2D eigenvalue weighted by Crippen LogP contribution is 2.50. The minimum absolute atomic E-state index is 0.124. The van der Waals surface area contributed by atoms with Crippen molar-refractivity contribution in [3.63, 3.8) is 0 Å². The maximum atomic E-state index is 12.8. The molecule has 3 nitrogen and oxygen atoms in total. The summed E-state index contributed by atoms with van der Waals surface area (Å²) < 4.78 is 0. The number of rotatable bonds is 5. The highest BCUT2D eigenvalue weighted by molar-refractivity contribution is 6.31. The summed E-state index contributed by atoms with van der Waals surface area (Å²) in [6.45, 7) is 0.660. The van der Waals surface area contributed by atoms with Crippen molar-refractivity contribution >= 4 is 28.4 Å². The second-order valence-corrected chi connectivity index (χ2v) is 6.90. The zero-order valence-electron chi connectivity index (χ0n) is 13.3. The number of carbonyl (C=O) groups is 1. The Labute approximate surface area is 146 Å². The van der Waals surface area contributed by atoms with Crippen molar-refractivity contribution in [2.45, 2.75) is 24.7 Å². The number of carbonyl (C=O) groups excluding carboxylic acids is 1. The normalized spacial score (nSPS) is 15.4. The zero-order chi connectivity index (χ0) is 16.6. The van der Waals surface area contributed by atoms with Crippen LogP contribution in [-0.2, 0) is 16.6 Å². The lowest BCUT2D eigenvalue weighted by molar-refractivity contribution is -0.123. The van der Waals surface area contributed by atoms with E-state index < -0.39 is 0 Å². The van der Waals surface area contributed by atoms with E-state index in [1.54, 1.807) is 0 Å². The number of fused-ring (bicyclic) bond motifs is 1. The molecule has 4 heteroatoms. The minimum Gasteiger partial charge on any atom is -0.361 e. The maximum Gasteiger partial charge on any atom is 0.230 e. The van der Waals surface area contributed by atoms with Crippen LogP contribution in [0.2, 0.25) is 5.02 Å². The summed E-state index contributed by atoms with van der Waals surface area (Å²) in [4.78, 5) is 16.0. The van der Waals surface area contributed by atoms with E-state index in [1.807, 2.05) is 42.6 Å². The molecule has 1 heterocycles. The van der Waals surface area contributed by atoms with E-state index >= 15 is 0 Å². The molecule has 1 saturated carbocycles. The third-order valence-electron chi connectivity index (χ3n) is 4.89. The average molecular weight is 339 g/mol. The summed E-state index contributed by atoms with van der Waals surface area (Å²) in [6.07, 6.45) is 4.60. The lowest BCUT2D eigenvalue weighted by atomic mass is 9.94. The molecule has 0 spiro atoms. The van der Waals surface area contributed by atoms with E-state index in [0.717, 1.165) is 35.7 Å². The van der Waals surface area contributed by atoms with Crippen LogP contribution in [0.4, 0.5) is 0 Å². The van der Waals surface area contributed by atoms with Crippen LogP contribution in [0.3, 0.4) is 0 Å². The first-order valence-corrected chi connectivity index (χ1v) is 8.66. The average Bonchev–Trinajstić information content (AvgIpc) is 3.30. The first-order valence-electron chi connectivity index (χ1n) is 8.28. The fourth-order valence-corrected chi connectivity index (χ4v) is 3.54. The molecule has 1 amide bonds. The third-order valence-corrected chi connectivity index (χ3v) is 5.12. The van der Waals surface area contributed by atoms with Crippen molar-refractivity contribution in [3.8, 4) is 0 Å². The maximum absolute atomic E-state index is 12.8. The van der Waals surface area contributed by atoms with E-state index in [9.17, 15) is 4.79 Å². The fraction of sp³-hybridized carbons (Fsp3) is 0.250. The second-order valence-electron chi connectivity index (χ2n) is 6.47. The number of hydrogen-bond donors (Lipinski definition) is 2. The summed E-state index contributed by atoms with van der Waals surface area (Å²) in [6, 6.07) is 16.0. The van der Waals surface area contributed by atoms with Gasteiger partial charge in [-0.05, 0) is 48.6 Å². The molecule has 2 aromatic carbocycles. The minimum atomic E-state index is -0.389. The zero-order valence-corrected chi connectivity index (χ0v) is 14.1. The first-order chi connectivity index (χ1) is 11.7. The molecule has 0 unspecified atom stereocenters. The predicted octanol–water partition coefficient (Wildman–Crippen LogP) is 4.21. The van der Waals surface area contributed by atoms with Gasteiger partial charge in [0.15, 0.2) is 0 Å². The molecule has 0 atom stereocenters. The van der Waals surface area contributed by atoms with Crippen LogP contribution >= 0.6 is 11.6 Å². The Morgan fingerprint density at radius 1 is 1.17 bits per heavy atom. The number of hydrogen-bond acceptors (Lipinski definition) is 1. The van der Waals surface area contributed by atoms with Crippen molar-refractivity contribution in [1.82, 2.24) is 10.3 Å². The van der Waals surface area contributed by atoms with Crippen molar-refractivity contribution in [3.05, 3.63) is 70.9 Å². The second kappa shape index (κ2) is 5.99. The highest BCUT2D eigenvalue weighted by Gasteiger charge is 2.52. The molecule has 1 fully saturated rings. The molecule has 1 aliphatic carbocycles. The smallest absolute Gasteiger partial charge is 0.230 e. The molecule has 0 radical (unpaired) electrons. The van der Waals surface area contributed by atoms with Gasteiger partial charge in [-0.1, -0.05) is 41.9 Å². The van der Waals surface area contributed by atoms with Gasteiger partial charge in [-0.3, -0.25) is 4.79 Å². The highest BCUT2D eigenvalue weighted by atomic mass is 35.5. The van der Waals surface area contributed by atoms with E-state index in [0.29, 0.717) is 11.6 Å². The van der Waals surface area contributed by atoms with Crippen LogP contribution < -0.4 is 5.32 Å². The summed E-state index contributed by atoms with van der Waals surface area (Å²) in [5, 5.41) is 4.87. The Kier molecular flexibility index (Phi) is 3.81. The van der Waals surface area contributed by atoms with E-state index in [-0.39, 0.29) is 11.3 Å². The molecular formula is C20H19ClN2O. The molecule has 2 N–H and O–H groups in total. The van der Waals surface area contributed by atoms with Gasteiger partial charge in [-0.2, -0.15) is 0 Å². The SMILES string of the molecule is O=C(NCCc1ccccc1)C1(c2c[nH]c3ccc(Cl)cc23)CC1. The van der Waals surface area contributed by atoms with Gasteiger partial charge in [-0.25, -0.2) is 0 Å². The van der Waals surface area contributed by atoms with Crippen molar-refractivity contribution in [1.29, 1.82) is 0 Å². The molecule has 24 heavy (non-hydrogen) atoms. The number of aromatic amines is 1. The van der Waals surface area contributed by atoms with Crippen LogP contribution in [0.25, 0.3) is 10.9 Å². The summed E-state index contributed by atoms with van der Waals surface area (Å²) in [5.74, 6) is 0.124. The lowest BCUT2D eigenvalue weighted by Gasteiger charge is -2.15. The lowest BCUT2D eigenvalue weighted by Crippen LogP contribution is -2.35. The predicted molar refractivity (Wildman–Crippen MR) is 97.4 cm³/mol. The molecule has 0 aliphatic heterocycles. The van der Waals surface area contributed by atoms with Crippen LogP contribution in [-0.4, -0.2) is 17.4 Å². The number of benzene rings is 2. The summed E-state index contributed by atoms with van der Waals surface area (Å²) in [5.41, 5.74) is 2.94. The fourth-order valence-electron chi connectivity index (χ4n) is 3.37. The van der Waals surface area contributed by atoms with Crippen molar-refractivity contribution in [2.24, 2.45) is 0 Å². The van der Waals surface area contributed by atoms with Crippen molar-refractivity contribution in [2.75, 3.05) is 6.54 Å². The third kappa shape index (κ3) is 2.69. The number of amides is 1. The Balaban J connectivity index is 1.50. The standard InChI is InChI=1S/C20H19ClN2O/c21-15-6-7-18-16(12-15)17(13-23-18)20(9-10-20)19(24)22-11-8-14-4-2-1-3-5-14/h1-7,12-13,23H,8-11H2,(H,22,24). The van der Waals surface area contributed by atoms with E-state index in [4.69, 9.17) is 11.6 Å². The molecule has 1 aliphatic rings. The Morgan fingerprint density at radius 2 is 1.96 bits per heavy atom. The van der Waals surface area contributed by atoms with Crippen LogP contribution in [0.15, 0.2) is 54.7 Å².